The molecule has 0 radical (unpaired) electrons. The van der Waals surface area contributed by atoms with E-state index in [2.05, 4.69) is 10.3 Å². The summed E-state index contributed by atoms with van der Waals surface area (Å²) in [6.07, 6.45) is 0. The summed E-state index contributed by atoms with van der Waals surface area (Å²) in [5.41, 5.74) is 0.887. The first-order valence-corrected chi connectivity index (χ1v) is 5.97. The van der Waals surface area contributed by atoms with Crippen LogP contribution in [0.1, 0.15) is 0 Å². The lowest BCUT2D eigenvalue weighted by atomic mass is 10.3. The predicted octanol–water partition coefficient (Wildman–Crippen LogP) is 2.17. The maximum atomic E-state index is 10.5. The smallest absolute Gasteiger partial charge is 0.230 e. The van der Waals surface area contributed by atoms with Gasteiger partial charge in [-0.15, -0.1) is 5.21 Å². The second-order valence-corrected chi connectivity index (χ2v) is 4.97. The number of amidine groups is 1. The summed E-state index contributed by atoms with van der Waals surface area (Å²) in [6, 6.07) is 5.35. The molecule has 1 aliphatic heterocycles. The summed E-state index contributed by atoms with van der Waals surface area (Å²) in [5, 5.41) is 18.6. The van der Waals surface area contributed by atoms with Gasteiger partial charge in [0.1, 0.15) is 5.22 Å². The molecule has 1 N–H and O–H groups in total. The van der Waals surface area contributed by atoms with Crippen molar-refractivity contribution in [2.75, 3.05) is 28.2 Å². The highest BCUT2D eigenvalue weighted by molar-refractivity contribution is 6.31. The van der Waals surface area contributed by atoms with Crippen molar-refractivity contribution in [3.8, 4) is 0 Å². The van der Waals surface area contributed by atoms with Crippen molar-refractivity contribution >= 4 is 29.0 Å². The lowest BCUT2D eigenvalue weighted by Crippen LogP contribution is -2.46. The molecule has 1 aromatic rings. The number of hydrogen-bond acceptors (Lipinski definition) is 4. The van der Waals surface area contributed by atoms with Gasteiger partial charge in [-0.25, -0.2) is 9.48 Å². The van der Waals surface area contributed by atoms with Crippen LogP contribution in [0.2, 0.25) is 5.02 Å². The molecule has 1 aromatic carbocycles. The third-order valence-electron chi connectivity index (χ3n) is 2.50. The maximum Gasteiger partial charge on any atom is 0.504 e. The van der Waals surface area contributed by atoms with Gasteiger partial charge < -0.3 is 0 Å². The van der Waals surface area contributed by atoms with Crippen molar-refractivity contribution in [1.29, 1.82) is 0 Å². The monoisotopic (exact) mass is 285 g/mol. The Morgan fingerprint density at radius 2 is 2.11 bits per heavy atom. The van der Waals surface area contributed by atoms with Gasteiger partial charge >= 0.3 is 6.02 Å². The average molecular weight is 286 g/mol. The number of nitrogens with zero attached hydrogens (tertiary/aromatic N) is 5. The Morgan fingerprint density at radius 3 is 2.68 bits per heavy atom. The Bertz CT molecular complexity index is 568. The number of fused-ring (bicyclic) bond motifs is 1. The SMILES string of the molecule is CN(C)C(O[N+]1(O)N=Nc2ccc(Cl)cc21)=[N+](C)C. The zero-order chi connectivity index (χ0) is 14.2. The standard InChI is InChI=1S/C11H16ClN5O2/c1-15(2)11(16(3)4)19-17(18)10-7-8(12)5-6-9(10)13-14-17/h5-7,18H,1-4H3/q+2. The minimum Gasteiger partial charge on any atom is -0.230 e. The second kappa shape index (κ2) is 4.76. The van der Waals surface area contributed by atoms with Gasteiger partial charge in [0.2, 0.25) is 0 Å². The minimum absolute atomic E-state index is 0.369. The van der Waals surface area contributed by atoms with Crippen molar-refractivity contribution in [1.82, 2.24) is 9.82 Å². The average Bonchev–Trinajstić information content (AvgIpc) is 2.64. The van der Waals surface area contributed by atoms with E-state index in [0.717, 1.165) is 0 Å². The molecule has 1 unspecified atom stereocenters. The molecule has 0 saturated heterocycles. The lowest BCUT2D eigenvalue weighted by Gasteiger charge is -2.17. The Hall–Kier alpha value is -1.70. The third kappa shape index (κ3) is 2.53. The number of benzene rings is 1. The summed E-state index contributed by atoms with van der Waals surface area (Å²) >= 11 is 5.92. The van der Waals surface area contributed by atoms with E-state index in [1.54, 1.807) is 55.9 Å². The molecule has 7 nitrogen and oxygen atoms in total. The van der Waals surface area contributed by atoms with Crippen LogP contribution in [-0.4, -0.2) is 48.9 Å². The molecule has 1 atom stereocenters. The van der Waals surface area contributed by atoms with Crippen LogP contribution in [0.3, 0.4) is 0 Å². The third-order valence-corrected chi connectivity index (χ3v) is 2.73. The fourth-order valence-electron chi connectivity index (χ4n) is 1.72. The molecule has 0 spiro atoms. The van der Waals surface area contributed by atoms with Gasteiger partial charge in [0, 0.05) is 11.1 Å². The summed E-state index contributed by atoms with van der Waals surface area (Å²) < 4.78 is 1.72. The Labute approximate surface area is 116 Å². The number of hydrogen-bond donors (Lipinski definition) is 1. The lowest BCUT2D eigenvalue weighted by molar-refractivity contribution is -0.492. The van der Waals surface area contributed by atoms with E-state index in [1.807, 2.05) is 0 Å². The molecule has 1 heterocycles. The molecule has 1 aliphatic rings. The fourth-order valence-corrected chi connectivity index (χ4v) is 1.88. The molecule has 19 heavy (non-hydrogen) atoms. The predicted molar refractivity (Wildman–Crippen MR) is 71.4 cm³/mol. The maximum absolute atomic E-state index is 10.5. The molecule has 0 saturated carbocycles. The van der Waals surface area contributed by atoms with Gasteiger partial charge in [-0.05, 0) is 12.1 Å². The van der Waals surface area contributed by atoms with Crippen molar-refractivity contribution in [2.24, 2.45) is 10.3 Å². The van der Waals surface area contributed by atoms with E-state index in [9.17, 15) is 5.21 Å². The quantitative estimate of drug-likeness (QED) is 0.372. The van der Waals surface area contributed by atoms with E-state index in [4.69, 9.17) is 16.4 Å². The zero-order valence-corrected chi connectivity index (χ0v) is 12.0. The van der Waals surface area contributed by atoms with Gasteiger partial charge in [-0.2, -0.15) is 4.84 Å². The van der Waals surface area contributed by atoms with Gasteiger partial charge in [0.05, 0.1) is 28.2 Å². The van der Waals surface area contributed by atoms with Crippen LogP contribution in [0.5, 0.6) is 0 Å². The van der Waals surface area contributed by atoms with E-state index in [1.165, 1.54) is 0 Å². The Kier molecular flexibility index (Phi) is 3.44. The van der Waals surface area contributed by atoms with E-state index in [-0.39, 0.29) is 0 Å². The molecular formula is C11H16ClN5O2+2. The van der Waals surface area contributed by atoms with Crippen LogP contribution in [0, 0.1) is 0 Å². The number of rotatable bonds is 1. The van der Waals surface area contributed by atoms with E-state index < -0.39 is 4.92 Å². The molecule has 0 aliphatic carbocycles. The normalized spacial score (nSPS) is 20.1. The van der Waals surface area contributed by atoms with Gasteiger partial charge in [0.25, 0.3) is 5.69 Å². The minimum atomic E-state index is -1.11. The van der Waals surface area contributed by atoms with Crippen LogP contribution in [0.4, 0.5) is 11.4 Å². The van der Waals surface area contributed by atoms with Crippen LogP contribution in [0.15, 0.2) is 28.5 Å². The fraction of sp³-hybridized carbons (Fsp3) is 0.364. The van der Waals surface area contributed by atoms with E-state index in [0.29, 0.717) is 22.4 Å². The highest BCUT2D eigenvalue weighted by atomic mass is 35.5. The molecule has 0 fully saturated rings. The van der Waals surface area contributed by atoms with Crippen molar-refractivity contribution in [3.05, 3.63) is 23.2 Å². The highest BCUT2D eigenvalue weighted by Gasteiger charge is 2.46. The first-order valence-electron chi connectivity index (χ1n) is 5.60. The molecule has 2 rings (SSSR count). The summed E-state index contributed by atoms with van der Waals surface area (Å²) in [5.74, 6) is 0. The molecular weight excluding hydrogens is 270 g/mol. The Balaban J connectivity index is 2.40. The molecule has 0 amide bonds. The molecule has 8 heteroatoms. The zero-order valence-electron chi connectivity index (χ0n) is 11.2. The van der Waals surface area contributed by atoms with Crippen molar-refractivity contribution in [3.63, 3.8) is 0 Å². The first-order chi connectivity index (χ1) is 8.83. The summed E-state index contributed by atoms with van der Waals surface area (Å²) in [6.45, 7) is 0. The molecule has 0 aromatic heterocycles. The largest absolute Gasteiger partial charge is 0.504 e. The van der Waals surface area contributed by atoms with Crippen LogP contribution >= 0.6 is 11.6 Å². The van der Waals surface area contributed by atoms with Crippen LogP contribution in [-0.2, 0) is 4.84 Å². The molecule has 102 valence electrons. The van der Waals surface area contributed by atoms with Crippen molar-refractivity contribution in [2.45, 2.75) is 0 Å². The summed E-state index contributed by atoms with van der Waals surface area (Å²) in [4.78, 5) is 6.15. The van der Waals surface area contributed by atoms with Crippen LogP contribution < -0.4 is 4.92 Å². The van der Waals surface area contributed by atoms with Gasteiger partial charge in [0.15, 0.2) is 10.6 Å². The highest BCUT2D eigenvalue weighted by Crippen LogP contribution is 2.41. The Morgan fingerprint density at radius 1 is 1.42 bits per heavy atom. The number of halogens is 1. The van der Waals surface area contributed by atoms with Crippen LogP contribution in [0.25, 0.3) is 0 Å². The second-order valence-electron chi connectivity index (χ2n) is 4.53. The topological polar surface area (TPSA) is 60.4 Å². The number of quaternary nitrogens is 1. The van der Waals surface area contributed by atoms with Crippen molar-refractivity contribution < 1.29 is 14.6 Å². The van der Waals surface area contributed by atoms with E-state index >= 15 is 0 Å². The van der Waals surface area contributed by atoms with Gasteiger partial charge in [-0.3, -0.25) is 0 Å². The summed E-state index contributed by atoms with van der Waals surface area (Å²) in [7, 11) is 7.20. The molecule has 0 bridgehead atoms. The first kappa shape index (κ1) is 13.7. The van der Waals surface area contributed by atoms with Gasteiger partial charge in [-0.1, -0.05) is 16.7 Å².